The first-order valence-corrected chi connectivity index (χ1v) is 9.28. The molecule has 3 rings (SSSR count). The highest BCUT2D eigenvalue weighted by molar-refractivity contribution is 6.30. The van der Waals surface area contributed by atoms with Gasteiger partial charge in [-0.2, -0.15) is 0 Å². The summed E-state index contributed by atoms with van der Waals surface area (Å²) in [5.74, 6) is -0.271. The highest BCUT2D eigenvalue weighted by Gasteiger charge is 2.19. The molecule has 0 atom stereocenters. The van der Waals surface area contributed by atoms with Crippen molar-refractivity contribution in [2.75, 3.05) is 19.6 Å². The number of piperidine rings is 1. The lowest BCUT2D eigenvalue weighted by Crippen LogP contribution is -2.35. The third-order valence-corrected chi connectivity index (χ3v) is 4.76. The van der Waals surface area contributed by atoms with Gasteiger partial charge >= 0.3 is 0 Å². The van der Waals surface area contributed by atoms with Gasteiger partial charge in [0.1, 0.15) is 0 Å². The Kier molecular flexibility index (Phi) is 6.23. The number of carbonyl (C=O) groups is 2. The van der Waals surface area contributed by atoms with Crippen molar-refractivity contribution in [3.05, 3.63) is 64.4 Å². The summed E-state index contributed by atoms with van der Waals surface area (Å²) in [6, 6.07) is 9.17. The van der Waals surface area contributed by atoms with E-state index >= 15 is 0 Å². The van der Waals surface area contributed by atoms with Crippen molar-refractivity contribution in [2.24, 2.45) is 0 Å². The van der Waals surface area contributed by atoms with E-state index in [0.29, 0.717) is 29.1 Å². The van der Waals surface area contributed by atoms with Crippen LogP contribution in [0.2, 0.25) is 5.02 Å². The predicted molar refractivity (Wildman–Crippen MR) is 101 cm³/mol. The minimum atomic E-state index is -0.222. The lowest BCUT2D eigenvalue weighted by atomic mass is 10.1. The van der Waals surface area contributed by atoms with Crippen LogP contribution in [0.5, 0.6) is 0 Å². The number of nitrogens with zero attached hydrogens (tertiary/aromatic N) is 2. The maximum Gasteiger partial charge on any atom is 0.255 e. The van der Waals surface area contributed by atoms with E-state index in [2.05, 4.69) is 10.3 Å². The number of hydrogen-bond donors (Lipinski definition) is 1. The third kappa shape index (κ3) is 4.82. The molecular formula is C20H22ClN3O2. The first kappa shape index (κ1) is 18.4. The number of nitrogens with one attached hydrogen (secondary N) is 1. The zero-order valence-corrected chi connectivity index (χ0v) is 15.3. The summed E-state index contributed by atoms with van der Waals surface area (Å²) in [6.07, 6.45) is 6.96. The summed E-state index contributed by atoms with van der Waals surface area (Å²) in [5, 5.41) is 3.56. The van der Waals surface area contributed by atoms with E-state index < -0.39 is 0 Å². The number of halogens is 1. The molecule has 2 heterocycles. The van der Waals surface area contributed by atoms with Gasteiger partial charge < -0.3 is 10.2 Å². The predicted octanol–water partition coefficient (Wildman–Crippen LogP) is 3.33. The second-order valence-corrected chi connectivity index (χ2v) is 6.88. The molecule has 5 nitrogen and oxygen atoms in total. The molecule has 1 N–H and O–H groups in total. The Morgan fingerprint density at radius 1 is 1.04 bits per heavy atom. The average Bonchev–Trinajstić information content (AvgIpc) is 2.69. The first-order valence-electron chi connectivity index (χ1n) is 8.90. The Hall–Kier alpha value is -2.40. The molecule has 1 aliphatic heterocycles. The second-order valence-electron chi connectivity index (χ2n) is 6.45. The van der Waals surface area contributed by atoms with E-state index in [1.165, 1.54) is 12.4 Å². The fourth-order valence-electron chi connectivity index (χ4n) is 3.03. The van der Waals surface area contributed by atoms with Crippen LogP contribution in [0.4, 0.5) is 0 Å². The van der Waals surface area contributed by atoms with Crippen LogP contribution in [0.25, 0.3) is 0 Å². The maximum atomic E-state index is 12.5. The summed E-state index contributed by atoms with van der Waals surface area (Å²) in [4.78, 5) is 30.8. The summed E-state index contributed by atoms with van der Waals surface area (Å²) >= 11 is 5.86. The van der Waals surface area contributed by atoms with Crippen molar-refractivity contribution >= 4 is 23.4 Å². The minimum Gasteiger partial charge on any atom is -0.352 e. The number of hydrogen-bond acceptors (Lipinski definition) is 3. The van der Waals surface area contributed by atoms with Gasteiger partial charge in [0.05, 0.1) is 11.1 Å². The highest BCUT2D eigenvalue weighted by Crippen LogP contribution is 2.14. The van der Waals surface area contributed by atoms with Crippen molar-refractivity contribution in [3.8, 4) is 0 Å². The molecule has 1 aromatic heterocycles. The molecule has 0 aliphatic carbocycles. The summed E-state index contributed by atoms with van der Waals surface area (Å²) in [5.41, 5.74) is 1.98. The molecule has 0 radical (unpaired) electrons. The fourth-order valence-corrected chi connectivity index (χ4v) is 3.16. The van der Waals surface area contributed by atoms with E-state index in [9.17, 15) is 9.59 Å². The molecule has 26 heavy (non-hydrogen) atoms. The van der Waals surface area contributed by atoms with Crippen LogP contribution in [0.15, 0.2) is 42.7 Å². The molecule has 1 fully saturated rings. The lowest BCUT2D eigenvalue weighted by molar-refractivity contribution is 0.0724. The SMILES string of the molecule is O=C(NCCc1ccc(Cl)cc1)c1cncc(C(=O)N2CCCCC2)c1. The zero-order chi connectivity index (χ0) is 18.4. The topological polar surface area (TPSA) is 62.3 Å². The quantitative estimate of drug-likeness (QED) is 0.876. The van der Waals surface area contributed by atoms with Gasteiger partial charge in [0.25, 0.3) is 11.8 Å². The first-order chi connectivity index (χ1) is 12.6. The molecule has 1 saturated heterocycles. The summed E-state index contributed by atoms with van der Waals surface area (Å²) < 4.78 is 0. The summed E-state index contributed by atoms with van der Waals surface area (Å²) in [7, 11) is 0. The molecule has 2 amide bonds. The Bertz CT molecular complexity index is 771. The standard InChI is InChI=1S/C20H22ClN3O2/c21-18-6-4-15(5-7-18)8-9-23-19(25)16-12-17(14-22-13-16)20(26)24-10-2-1-3-11-24/h4-7,12-14H,1-3,8-11H2,(H,23,25). The Morgan fingerprint density at radius 3 is 2.46 bits per heavy atom. The molecule has 1 aliphatic rings. The normalized spacial score (nSPS) is 14.1. The molecule has 136 valence electrons. The van der Waals surface area contributed by atoms with Gasteiger partial charge in [-0.1, -0.05) is 23.7 Å². The van der Waals surface area contributed by atoms with Crippen LogP contribution >= 0.6 is 11.6 Å². The van der Waals surface area contributed by atoms with Crippen molar-refractivity contribution in [3.63, 3.8) is 0 Å². The number of rotatable bonds is 5. The molecular weight excluding hydrogens is 350 g/mol. The van der Waals surface area contributed by atoms with E-state index in [1.54, 1.807) is 6.07 Å². The summed E-state index contributed by atoms with van der Waals surface area (Å²) in [6.45, 7) is 2.05. The van der Waals surface area contributed by atoms with Gasteiger partial charge in [-0.15, -0.1) is 0 Å². The third-order valence-electron chi connectivity index (χ3n) is 4.50. The molecule has 1 aromatic carbocycles. The molecule has 6 heteroatoms. The van der Waals surface area contributed by atoms with E-state index in [1.807, 2.05) is 29.2 Å². The highest BCUT2D eigenvalue weighted by atomic mass is 35.5. The Balaban J connectivity index is 1.57. The zero-order valence-electron chi connectivity index (χ0n) is 14.6. The van der Waals surface area contributed by atoms with Crippen LogP contribution in [-0.4, -0.2) is 41.3 Å². The number of carbonyl (C=O) groups excluding carboxylic acids is 2. The van der Waals surface area contributed by atoms with E-state index in [0.717, 1.165) is 37.9 Å². The average molecular weight is 372 g/mol. The second kappa shape index (κ2) is 8.81. The van der Waals surface area contributed by atoms with Gasteiger partial charge in [-0.25, -0.2) is 0 Å². The minimum absolute atomic E-state index is 0.0481. The molecule has 0 saturated carbocycles. The number of likely N-dealkylation sites (tertiary alicyclic amines) is 1. The van der Waals surface area contributed by atoms with Gasteiger partial charge in [-0.05, 0) is 49.4 Å². The van der Waals surface area contributed by atoms with E-state index in [-0.39, 0.29) is 11.8 Å². The van der Waals surface area contributed by atoms with E-state index in [4.69, 9.17) is 11.6 Å². The fraction of sp³-hybridized carbons (Fsp3) is 0.350. The van der Waals surface area contributed by atoms with Crippen LogP contribution in [0.1, 0.15) is 45.5 Å². The van der Waals surface area contributed by atoms with Crippen molar-refractivity contribution < 1.29 is 9.59 Å². The molecule has 2 aromatic rings. The number of amides is 2. The Labute approximate surface area is 158 Å². The van der Waals surface area contributed by atoms with Crippen molar-refractivity contribution in [1.82, 2.24) is 15.2 Å². The van der Waals surface area contributed by atoms with Gasteiger partial charge in [0.2, 0.25) is 0 Å². The van der Waals surface area contributed by atoms with Gasteiger partial charge in [0.15, 0.2) is 0 Å². The van der Waals surface area contributed by atoms with Gasteiger partial charge in [-0.3, -0.25) is 14.6 Å². The number of pyridine rings is 1. The number of aromatic nitrogens is 1. The molecule has 0 spiro atoms. The molecule has 0 bridgehead atoms. The largest absolute Gasteiger partial charge is 0.352 e. The van der Waals surface area contributed by atoms with Crippen LogP contribution in [0.3, 0.4) is 0 Å². The maximum absolute atomic E-state index is 12.5. The van der Waals surface area contributed by atoms with Crippen molar-refractivity contribution in [1.29, 1.82) is 0 Å². The van der Waals surface area contributed by atoms with Crippen molar-refractivity contribution in [2.45, 2.75) is 25.7 Å². The smallest absolute Gasteiger partial charge is 0.255 e. The lowest BCUT2D eigenvalue weighted by Gasteiger charge is -2.26. The van der Waals surface area contributed by atoms with Crippen LogP contribution in [0, 0.1) is 0 Å². The van der Waals surface area contributed by atoms with Gasteiger partial charge in [0, 0.05) is 37.1 Å². The monoisotopic (exact) mass is 371 g/mol. The van der Waals surface area contributed by atoms with Crippen LogP contribution < -0.4 is 5.32 Å². The number of benzene rings is 1. The Morgan fingerprint density at radius 2 is 1.73 bits per heavy atom. The molecule has 0 unspecified atom stereocenters. The van der Waals surface area contributed by atoms with Crippen LogP contribution in [-0.2, 0) is 6.42 Å².